The van der Waals surface area contributed by atoms with Gasteiger partial charge in [0, 0.05) is 0 Å². The second-order valence-electron chi connectivity index (χ2n) is 9.77. The van der Waals surface area contributed by atoms with Crippen molar-refractivity contribution in [2.45, 2.75) is 65.2 Å². The van der Waals surface area contributed by atoms with Crippen molar-refractivity contribution in [3.63, 3.8) is 0 Å². The topological polar surface area (TPSA) is 0 Å². The lowest BCUT2D eigenvalue weighted by molar-refractivity contribution is 0.505. The maximum atomic E-state index is 3.85. The van der Waals surface area contributed by atoms with E-state index in [9.17, 15) is 0 Å². The van der Waals surface area contributed by atoms with Crippen LogP contribution in [0.5, 0.6) is 0 Å². The Labute approximate surface area is 182 Å². The molecule has 4 aromatic carbocycles. The Balaban J connectivity index is 2.12. The minimum atomic E-state index is 0.0783. The lowest BCUT2D eigenvalue weighted by Gasteiger charge is -2.26. The monoisotopic (exact) mass is 392 g/mol. The Hall–Kier alpha value is -2.60. The normalized spacial score (nSPS) is 12.6. The molecule has 0 amide bonds. The molecule has 4 rings (SSSR count). The first-order valence-corrected chi connectivity index (χ1v) is 11.2. The molecule has 0 unspecified atom stereocenters. The van der Waals surface area contributed by atoms with Gasteiger partial charge in [0.2, 0.25) is 0 Å². The van der Waals surface area contributed by atoms with Gasteiger partial charge in [-0.05, 0) is 91.7 Å². The Morgan fingerprint density at radius 3 is 1.33 bits per heavy atom. The highest BCUT2D eigenvalue weighted by Crippen LogP contribution is 2.40. The molecule has 0 atom stereocenters. The molecule has 0 saturated carbocycles. The molecular formula is C30H32. The second kappa shape index (κ2) is 7.58. The maximum absolute atomic E-state index is 3.85. The molecule has 2 radical (unpaired) electrons. The lowest BCUT2D eigenvalue weighted by atomic mass is 9.77. The first-order valence-electron chi connectivity index (χ1n) is 11.2. The van der Waals surface area contributed by atoms with Crippen molar-refractivity contribution in [1.29, 1.82) is 0 Å². The fourth-order valence-corrected chi connectivity index (χ4v) is 3.99. The number of hydrogen-bond acceptors (Lipinski definition) is 0. The number of fused-ring (bicyclic) bond motifs is 2. The zero-order chi connectivity index (χ0) is 21.5. The summed E-state index contributed by atoms with van der Waals surface area (Å²) >= 11 is 0. The summed E-state index contributed by atoms with van der Waals surface area (Å²) in [4.78, 5) is 0. The van der Waals surface area contributed by atoms with E-state index in [0.29, 0.717) is 0 Å². The van der Waals surface area contributed by atoms with Gasteiger partial charge in [0.25, 0.3) is 0 Å². The Morgan fingerprint density at radius 2 is 0.967 bits per heavy atom. The van der Waals surface area contributed by atoms with Gasteiger partial charge in [-0.25, -0.2) is 0 Å². The molecule has 0 spiro atoms. The summed E-state index contributed by atoms with van der Waals surface area (Å²) in [6.07, 6.45) is 2.16. The zero-order valence-electron chi connectivity index (χ0n) is 19.2. The average molecular weight is 393 g/mol. The van der Waals surface area contributed by atoms with Crippen LogP contribution < -0.4 is 0 Å². The van der Waals surface area contributed by atoms with Gasteiger partial charge in [0.15, 0.2) is 0 Å². The smallest absolute Gasteiger partial charge is 0.00109 e. The van der Waals surface area contributed by atoms with Gasteiger partial charge in [-0.15, -0.1) is 0 Å². The average Bonchev–Trinajstić information content (AvgIpc) is 2.77. The van der Waals surface area contributed by atoms with Crippen molar-refractivity contribution >= 4 is 21.5 Å². The third-order valence-electron chi connectivity index (χ3n) is 7.06. The van der Waals surface area contributed by atoms with Crippen LogP contribution in [0.15, 0.2) is 60.7 Å². The standard InChI is InChI=1S/C30H32/c1-7-29(3,4)23-17-21-13-9-11-15-25(21)27(19-23)28-20-24(30(5,6)8-2)18-22-14-10-12-16-26(22)28/h9-18H,7-8H2,1-6H3. The van der Waals surface area contributed by atoms with Crippen LogP contribution in [-0.2, 0) is 10.8 Å². The van der Waals surface area contributed by atoms with Crippen molar-refractivity contribution in [3.05, 3.63) is 83.9 Å². The molecule has 0 heterocycles. The van der Waals surface area contributed by atoms with Gasteiger partial charge >= 0.3 is 0 Å². The summed E-state index contributed by atoms with van der Waals surface area (Å²) in [5, 5.41) is 5.06. The van der Waals surface area contributed by atoms with E-state index in [1.165, 1.54) is 43.8 Å². The van der Waals surface area contributed by atoms with Gasteiger partial charge in [-0.1, -0.05) is 90.1 Å². The van der Waals surface area contributed by atoms with Crippen LogP contribution in [0.25, 0.3) is 32.7 Å². The minimum Gasteiger partial charge on any atom is -0.0646 e. The number of benzene rings is 4. The van der Waals surface area contributed by atoms with Crippen molar-refractivity contribution in [1.82, 2.24) is 0 Å². The van der Waals surface area contributed by atoms with Crippen LogP contribution in [0.3, 0.4) is 0 Å². The Morgan fingerprint density at radius 1 is 0.600 bits per heavy atom. The van der Waals surface area contributed by atoms with E-state index >= 15 is 0 Å². The summed E-state index contributed by atoms with van der Waals surface area (Å²) in [5.74, 6) is 0. The van der Waals surface area contributed by atoms with Gasteiger partial charge in [-0.3, -0.25) is 0 Å². The highest BCUT2D eigenvalue weighted by molar-refractivity contribution is 6.05. The highest BCUT2D eigenvalue weighted by atomic mass is 14.3. The summed E-state index contributed by atoms with van der Waals surface area (Å²) in [6.45, 7) is 13.8. The van der Waals surface area contributed by atoms with Gasteiger partial charge in [0.1, 0.15) is 0 Å². The Bertz CT molecular complexity index is 1110. The van der Waals surface area contributed by atoms with E-state index < -0.39 is 0 Å². The third kappa shape index (κ3) is 3.54. The summed E-state index contributed by atoms with van der Waals surface area (Å²) in [5.41, 5.74) is 5.06. The van der Waals surface area contributed by atoms with Crippen LogP contribution in [0.4, 0.5) is 0 Å². The highest BCUT2D eigenvalue weighted by Gasteiger charge is 2.24. The molecular weight excluding hydrogens is 360 g/mol. The minimum absolute atomic E-state index is 0.0783. The van der Waals surface area contributed by atoms with E-state index in [-0.39, 0.29) is 10.8 Å². The fraction of sp³-hybridized carbons (Fsp3) is 0.333. The van der Waals surface area contributed by atoms with Crippen LogP contribution in [0, 0.1) is 12.1 Å². The first kappa shape index (κ1) is 20.7. The number of hydrogen-bond donors (Lipinski definition) is 0. The number of rotatable bonds is 5. The van der Waals surface area contributed by atoms with E-state index in [4.69, 9.17) is 0 Å². The largest absolute Gasteiger partial charge is 0.0646 e. The van der Waals surface area contributed by atoms with Gasteiger partial charge in [0.05, 0.1) is 0 Å². The van der Waals surface area contributed by atoms with Crippen LogP contribution >= 0.6 is 0 Å². The van der Waals surface area contributed by atoms with Crippen molar-refractivity contribution in [3.8, 4) is 11.1 Å². The lowest BCUT2D eigenvalue weighted by Crippen LogP contribution is -2.16. The molecule has 0 aliphatic rings. The molecule has 4 aromatic rings. The predicted molar refractivity (Wildman–Crippen MR) is 131 cm³/mol. The van der Waals surface area contributed by atoms with Gasteiger partial charge < -0.3 is 0 Å². The van der Waals surface area contributed by atoms with E-state index in [2.05, 4.69) is 114 Å². The summed E-state index contributed by atoms with van der Waals surface area (Å²) in [7, 11) is 0. The molecule has 0 aliphatic heterocycles. The van der Waals surface area contributed by atoms with Gasteiger partial charge in [-0.2, -0.15) is 0 Å². The van der Waals surface area contributed by atoms with Crippen molar-refractivity contribution in [2.24, 2.45) is 0 Å². The maximum Gasteiger partial charge on any atom is -0.00109 e. The fourth-order valence-electron chi connectivity index (χ4n) is 3.99. The SMILES string of the molecule is CCC(C)(C)c1[c]c(-c2[c]c(C(C)(C)CC)cc3ccccc23)c2ccccc2c1. The van der Waals surface area contributed by atoms with Crippen LogP contribution in [0.2, 0.25) is 0 Å². The second-order valence-corrected chi connectivity index (χ2v) is 9.77. The summed E-state index contributed by atoms with van der Waals surface area (Å²) in [6, 6.07) is 29.8. The molecule has 0 nitrogen and oxygen atoms in total. The van der Waals surface area contributed by atoms with Crippen LogP contribution in [-0.4, -0.2) is 0 Å². The van der Waals surface area contributed by atoms with E-state index in [1.54, 1.807) is 0 Å². The van der Waals surface area contributed by atoms with E-state index in [1.807, 2.05) is 0 Å². The molecule has 0 aromatic heterocycles. The molecule has 30 heavy (non-hydrogen) atoms. The molecule has 0 heteroatoms. The summed E-state index contributed by atoms with van der Waals surface area (Å²) < 4.78 is 0. The van der Waals surface area contributed by atoms with Crippen LogP contribution in [0.1, 0.15) is 65.5 Å². The Kier molecular flexibility index (Phi) is 5.22. The molecule has 152 valence electrons. The zero-order valence-corrected chi connectivity index (χ0v) is 19.2. The third-order valence-corrected chi connectivity index (χ3v) is 7.06. The molecule has 0 saturated heterocycles. The first-order chi connectivity index (χ1) is 14.3. The molecule has 0 N–H and O–H groups in total. The van der Waals surface area contributed by atoms with Crippen molar-refractivity contribution < 1.29 is 0 Å². The van der Waals surface area contributed by atoms with Crippen molar-refractivity contribution in [2.75, 3.05) is 0 Å². The predicted octanol–water partition coefficient (Wildman–Crippen LogP) is 8.64. The molecule has 0 bridgehead atoms. The molecule has 0 fully saturated rings. The quantitative estimate of drug-likeness (QED) is 0.319. The molecule has 0 aliphatic carbocycles. The van der Waals surface area contributed by atoms with E-state index in [0.717, 1.165) is 12.8 Å².